The van der Waals surface area contributed by atoms with Gasteiger partial charge in [0.1, 0.15) is 6.79 Å². The van der Waals surface area contributed by atoms with Gasteiger partial charge in [-0.15, -0.1) is 6.58 Å². The summed E-state index contributed by atoms with van der Waals surface area (Å²) in [6.07, 6.45) is 5.56. The number of aliphatic hydroxyl groups is 1. The number of allylic oxidation sites excluding steroid dienone is 3. The third-order valence-electron chi connectivity index (χ3n) is 5.71. The Bertz CT molecular complexity index is 399. The zero-order valence-electron chi connectivity index (χ0n) is 13.2. The summed E-state index contributed by atoms with van der Waals surface area (Å²) in [6, 6.07) is 0. The Morgan fingerprint density at radius 2 is 2.20 bits per heavy atom. The van der Waals surface area contributed by atoms with Gasteiger partial charge in [-0.1, -0.05) is 31.6 Å². The molecule has 0 radical (unpaired) electrons. The van der Waals surface area contributed by atoms with Gasteiger partial charge in [-0.25, -0.2) is 0 Å². The van der Waals surface area contributed by atoms with Crippen LogP contribution < -0.4 is 0 Å². The Kier molecular flexibility index (Phi) is 4.43. The van der Waals surface area contributed by atoms with E-state index in [9.17, 15) is 5.11 Å². The summed E-state index contributed by atoms with van der Waals surface area (Å²) >= 11 is 0. The maximum Gasteiger partial charge on any atom is 0.146 e. The Balaban J connectivity index is 2.29. The van der Waals surface area contributed by atoms with E-state index < -0.39 is 0 Å². The standard InChI is InChI=1S/C17H28O3/c1-6-7-17(10-20-11-19-5)14-8-12(2)16(3,4)13(14)9-15(17)18/h6,8,13-15,18H,1,7,9-11H2,2-5H3/t13-,14-,15?,17-/m1/s1. The monoisotopic (exact) mass is 280 g/mol. The van der Waals surface area contributed by atoms with Crippen molar-refractivity contribution in [2.45, 2.75) is 39.7 Å². The van der Waals surface area contributed by atoms with E-state index in [1.807, 2.05) is 6.08 Å². The van der Waals surface area contributed by atoms with Gasteiger partial charge in [0.25, 0.3) is 0 Å². The third-order valence-corrected chi connectivity index (χ3v) is 5.71. The van der Waals surface area contributed by atoms with Crippen LogP contribution in [-0.2, 0) is 9.47 Å². The van der Waals surface area contributed by atoms with Crippen LogP contribution in [0.1, 0.15) is 33.6 Å². The van der Waals surface area contributed by atoms with E-state index in [-0.39, 0.29) is 23.7 Å². The molecule has 1 fully saturated rings. The Morgan fingerprint density at radius 1 is 1.50 bits per heavy atom. The van der Waals surface area contributed by atoms with Crippen LogP contribution in [-0.4, -0.2) is 31.7 Å². The Labute approximate surface area is 122 Å². The lowest BCUT2D eigenvalue weighted by molar-refractivity contribution is -0.0970. The first-order chi connectivity index (χ1) is 9.40. The molecule has 4 atom stereocenters. The zero-order valence-corrected chi connectivity index (χ0v) is 13.2. The lowest BCUT2D eigenvalue weighted by atomic mass is 9.70. The van der Waals surface area contributed by atoms with Crippen LogP contribution in [0.5, 0.6) is 0 Å². The van der Waals surface area contributed by atoms with Gasteiger partial charge in [0.05, 0.1) is 12.7 Å². The smallest absolute Gasteiger partial charge is 0.146 e. The average molecular weight is 280 g/mol. The largest absolute Gasteiger partial charge is 0.392 e. The summed E-state index contributed by atoms with van der Waals surface area (Å²) in [5, 5.41) is 10.7. The minimum absolute atomic E-state index is 0.163. The highest BCUT2D eigenvalue weighted by atomic mass is 16.7. The van der Waals surface area contributed by atoms with Crippen LogP contribution in [0.2, 0.25) is 0 Å². The topological polar surface area (TPSA) is 38.7 Å². The van der Waals surface area contributed by atoms with Crippen molar-refractivity contribution in [1.82, 2.24) is 0 Å². The van der Waals surface area contributed by atoms with Crippen LogP contribution in [0.4, 0.5) is 0 Å². The molecule has 0 aliphatic heterocycles. The van der Waals surface area contributed by atoms with Crippen molar-refractivity contribution >= 4 is 0 Å². The summed E-state index contributed by atoms with van der Waals surface area (Å²) in [4.78, 5) is 0. The van der Waals surface area contributed by atoms with Gasteiger partial charge in [-0.3, -0.25) is 0 Å². The van der Waals surface area contributed by atoms with Gasteiger partial charge in [-0.05, 0) is 37.0 Å². The molecule has 0 amide bonds. The van der Waals surface area contributed by atoms with Gasteiger partial charge in [0, 0.05) is 12.5 Å². The molecule has 2 aliphatic carbocycles. The molecule has 0 bridgehead atoms. The lowest BCUT2D eigenvalue weighted by Gasteiger charge is -2.36. The number of aliphatic hydroxyl groups excluding tert-OH is 1. The molecule has 0 heterocycles. The molecule has 0 spiro atoms. The number of methoxy groups -OCH3 is 1. The highest BCUT2D eigenvalue weighted by molar-refractivity contribution is 5.28. The summed E-state index contributed by atoms with van der Waals surface area (Å²) < 4.78 is 10.6. The molecule has 3 nitrogen and oxygen atoms in total. The van der Waals surface area contributed by atoms with Crippen LogP contribution >= 0.6 is 0 Å². The molecule has 2 aliphatic rings. The van der Waals surface area contributed by atoms with Crippen molar-refractivity contribution in [3.63, 3.8) is 0 Å². The van der Waals surface area contributed by atoms with Gasteiger partial charge >= 0.3 is 0 Å². The molecular formula is C17H28O3. The first kappa shape index (κ1) is 15.7. The Hall–Kier alpha value is -0.640. The molecular weight excluding hydrogens is 252 g/mol. The lowest BCUT2D eigenvalue weighted by Crippen LogP contribution is -2.40. The van der Waals surface area contributed by atoms with Crippen molar-refractivity contribution in [2.75, 3.05) is 20.5 Å². The van der Waals surface area contributed by atoms with Crippen molar-refractivity contribution in [2.24, 2.45) is 22.7 Å². The van der Waals surface area contributed by atoms with Gasteiger partial charge in [0.15, 0.2) is 0 Å². The molecule has 2 rings (SSSR count). The van der Waals surface area contributed by atoms with E-state index in [0.29, 0.717) is 18.4 Å². The Morgan fingerprint density at radius 3 is 2.80 bits per heavy atom. The van der Waals surface area contributed by atoms with E-state index >= 15 is 0 Å². The summed E-state index contributed by atoms with van der Waals surface area (Å²) in [5.41, 5.74) is 1.34. The quantitative estimate of drug-likeness (QED) is 0.461. The predicted molar refractivity (Wildman–Crippen MR) is 80.2 cm³/mol. The van der Waals surface area contributed by atoms with E-state index in [1.165, 1.54) is 5.57 Å². The van der Waals surface area contributed by atoms with Gasteiger partial charge < -0.3 is 14.6 Å². The molecule has 0 aromatic heterocycles. The molecule has 0 aromatic rings. The molecule has 1 N–H and O–H groups in total. The fourth-order valence-electron chi connectivity index (χ4n) is 4.15. The molecule has 1 unspecified atom stereocenters. The second kappa shape index (κ2) is 5.63. The second-order valence-electron chi connectivity index (χ2n) is 6.94. The molecule has 0 saturated heterocycles. The molecule has 1 saturated carbocycles. The van der Waals surface area contributed by atoms with E-state index in [1.54, 1.807) is 7.11 Å². The molecule has 20 heavy (non-hydrogen) atoms. The van der Waals surface area contributed by atoms with Crippen molar-refractivity contribution in [1.29, 1.82) is 0 Å². The first-order valence-electron chi connectivity index (χ1n) is 7.44. The fourth-order valence-corrected chi connectivity index (χ4v) is 4.15. The number of rotatable bonds is 6. The minimum Gasteiger partial charge on any atom is -0.392 e. The maximum atomic E-state index is 10.7. The van der Waals surface area contributed by atoms with E-state index in [2.05, 4.69) is 33.4 Å². The SMILES string of the molecule is C=CC[C@]1(COCOC)C(O)C[C@@H]2[C@H]1C=C(C)C2(C)C. The molecule has 114 valence electrons. The summed E-state index contributed by atoms with van der Waals surface area (Å²) in [5.74, 6) is 0.853. The average Bonchev–Trinajstić information content (AvgIpc) is 2.77. The number of hydrogen-bond donors (Lipinski definition) is 1. The second-order valence-corrected chi connectivity index (χ2v) is 6.94. The summed E-state index contributed by atoms with van der Waals surface area (Å²) in [6.45, 7) is 11.5. The number of fused-ring (bicyclic) bond motifs is 1. The summed E-state index contributed by atoms with van der Waals surface area (Å²) in [7, 11) is 1.62. The maximum absolute atomic E-state index is 10.7. The van der Waals surface area contributed by atoms with Crippen LogP contribution in [0.3, 0.4) is 0 Å². The van der Waals surface area contributed by atoms with Crippen LogP contribution in [0, 0.1) is 22.7 Å². The zero-order chi connectivity index (χ0) is 15.0. The molecule has 3 heteroatoms. The van der Waals surface area contributed by atoms with E-state index in [0.717, 1.165) is 12.8 Å². The van der Waals surface area contributed by atoms with Gasteiger partial charge in [-0.2, -0.15) is 0 Å². The van der Waals surface area contributed by atoms with Crippen molar-refractivity contribution < 1.29 is 14.6 Å². The highest BCUT2D eigenvalue weighted by Gasteiger charge is 2.59. The van der Waals surface area contributed by atoms with Gasteiger partial charge in [0.2, 0.25) is 0 Å². The van der Waals surface area contributed by atoms with Crippen LogP contribution in [0.15, 0.2) is 24.3 Å². The molecule has 0 aromatic carbocycles. The normalized spacial score (nSPS) is 38.6. The third kappa shape index (κ3) is 2.26. The minimum atomic E-state index is -0.337. The van der Waals surface area contributed by atoms with Crippen molar-refractivity contribution in [3.8, 4) is 0 Å². The number of ether oxygens (including phenoxy) is 2. The van der Waals surface area contributed by atoms with Crippen molar-refractivity contribution in [3.05, 3.63) is 24.3 Å². The van der Waals surface area contributed by atoms with Crippen LogP contribution in [0.25, 0.3) is 0 Å². The predicted octanol–water partition coefficient (Wildman–Crippen LogP) is 3.15. The first-order valence-corrected chi connectivity index (χ1v) is 7.44. The number of hydrogen-bond acceptors (Lipinski definition) is 3. The highest BCUT2D eigenvalue weighted by Crippen LogP contribution is 2.61. The van der Waals surface area contributed by atoms with E-state index in [4.69, 9.17) is 9.47 Å². The fraction of sp³-hybridized carbons (Fsp3) is 0.765.